The Morgan fingerprint density at radius 2 is 1.33 bits per heavy atom. The van der Waals surface area contributed by atoms with Crippen molar-refractivity contribution in [2.45, 2.75) is 46.7 Å². The third kappa shape index (κ3) is 1.94. The van der Waals surface area contributed by atoms with Crippen LogP contribution < -0.4 is 0 Å². The van der Waals surface area contributed by atoms with Gasteiger partial charge in [0, 0.05) is 38.3 Å². The summed E-state index contributed by atoms with van der Waals surface area (Å²) >= 11 is 0. The zero-order valence-electron chi connectivity index (χ0n) is 11.0. The lowest BCUT2D eigenvalue weighted by Gasteiger charge is -2.29. The molecule has 0 saturated carbocycles. The Balaban J connectivity index is 2.03. The predicted molar refractivity (Wildman–Crippen MR) is 65.0 cm³/mol. The van der Waals surface area contributed by atoms with Crippen LogP contribution in [0, 0.1) is 11.3 Å². The first-order valence-electron chi connectivity index (χ1n) is 6.40. The van der Waals surface area contributed by atoms with Gasteiger partial charge >= 0.3 is 0 Å². The number of nitrogens with zero attached hydrogens (tertiary/aromatic N) is 2. The van der Waals surface area contributed by atoms with E-state index in [1.165, 1.54) is 26.2 Å². The fourth-order valence-electron chi connectivity index (χ4n) is 3.22. The third-order valence-electron chi connectivity index (χ3n) is 4.48. The first-order chi connectivity index (χ1) is 6.92. The topological polar surface area (TPSA) is 6.48 Å². The maximum Gasteiger partial charge on any atom is 0.00540 e. The molecule has 0 radical (unpaired) electrons. The van der Waals surface area contributed by atoms with Crippen molar-refractivity contribution in [1.29, 1.82) is 0 Å². The number of likely N-dealkylation sites (tertiary alicyclic amines) is 2. The summed E-state index contributed by atoms with van der Waals surface area (Å²) in [6.07, 6.45) is 0. The molecule has 2 aliphatic heterocycles. The summed E-state index contributed by atoms with van der Waals surface area (Å²) < 4.78 is 0. The lowest BCUT2D eigenvalue weighted by Crippen LogP contribution is -2.37. The van der Waals surface area contributed by atoms with E-state index in [1.807, 2.05) is 0 Å². The highest BCUT2D eigenvalue weighted by Crippen LogP contribution is 2.43. The average molecular weight is 210 g/mol. The molecule has 2 heterocycles. The molecule has 2 rings (SSSR count). The van der Waals surface area contributed by atoms with Crippen LogP contribution in [-0.2, 0) is 0 Å². The second-order valence-electron chi connectivity index (χ2n) is 6.40. The van der Waals surface area contributed by atoms with Gasteiger partial charge in [0.2, 0.25) is 0 Å². The highest BCUT2D eigenvalue weighted by molar-refractivity contribution is 5.02. The molecule has 2 nitrogen and oxygen atoms in total. The molecule has 88 valence electrons. The summed E-state index contributed by atoms with van der Waals surface area (Å²) in [4.78, 5) is 5.31. The van der Waals surface area contributed by atoms with E-state index in [0.29, 0.717) is 5.41 Å². The Hall–Kier alpha value is -0.0800. The zero-order chi connectivity index (χ0) is 11.2. The van der Waals surface area contributed by atoms with Gasteiger partial charge in [0.15, 0.2) is 0 Å². The Kier molecular flexibility index (Phi) is 2.85. The summed E-state index contributed by atoms with van der Waals surface area (Å²) in [5, 5.41) is 0. The highest BCUT2D eigenvalue weighted by atomic mass is 15.3. The highest BCUT2D eigenvalue weighted by Gasteiger charge is 2.49. The SMILES string of the molecule is CC(C)N1CC2CN(C(C)C)CC2(C)C1. The van der Waals surface area contributed by atoms with Crippen molar-refractivity contribution in [2.75, 3.05) is 26.2 Å². The molecule has 2 aliphatic rings. The fourth-order valence-corrected chi connectivity index (χ4v) is 3.22. The molecular weight excluding hydrogens is 184 g/mol. The number of rotatable bonds is 2. The van der Waals surface area contributed by atoms with Crippen LogP contribution in [-0.4, -0.2) is 48.1 Å². The van der Waals surface area contributed by atoms with Crippen LogP contribution in [0.4, 0.5) is 0 Å². The Morgan fingerprint density at radius 3 is 1.60 bits per heavy atom. The molecule has 0 aromatic rings. The van der Waals surface area contributed by atoms with Crippen molar-refractivity contribution in [3.63, 3.8) is 0 Å². The minimum Gasteiger partial charge on any atom is -0.300 e. The summed E-state index contributed by atoms with van der Waals surface area (Å²) in [5.74, 6) is 0.905. The van der Waals surface area contributed by atoms with E-state index in [-0.39, 0.29) is 0 Å². The first-order valence-corrected chi connectivity index (χ1v) is 6.40. The number of fused-ring (bicyclic) bond motifs is 1. The summed E-state index contributed by atoms with van der Waals surface area (Å²) in [5.41, 5.74) is 0.564. The van der Waals surface area contributed by atoms with E-state index in [0.717, 1.165) is 18.0 Å². The Bertz CT molecular complexity index is 215. The maximum absolute atomic E-state index is 2.66. The quantitative estimate of drug-likeness (QED) is 0.688. The van der Waals surface area contributed by atoms with E-state index in [4.69, 9.17) is 0 Å². The summed E-state index contributed by atoms with van der Waals surface area (Å²) in [6, 6.07) is 1.44. The summed E-state index contributed by atoms with van der Waals surface area (Å²) in [7, 11) is 0. The van der Waals surface area contributed by atoms with Crippen molar-refractivity contribution >= 4 is 0 Å². The molecule has 0 N–H and O–H groups in total. The molecule has 0 atom stereocenters. The molecule has 0 amide bonds. The van der Waals surface area contributed by atoms with Crippen LogP contribution in [0.25, 0.3) is 0 Å². The number of hydrogen-bond donors (Lipinski definition) is 0. The molecule has 0 spiro atoms. The van der Waals surface area contributed by atoms with E-state index in [1.54, 1.807) is 0 Å². The van der Waals surface area contributed by atoms with Crippen molar-refractivity contribution < 1.29 is 0 Å². The smallest absolute Gasteiger partial charge is 0.00540 e. The van der Waals surface area contributed by atoms with Gasteiger partial charge in [0.25, 0.3) is 0 Å². The first kappa shape index (κ1) is 11.4. The molecule has 0 aliphatic carbocycles. The minimum absolute atomic E-state index is 0.564. The lowest BCUT2D eigenvalue weighted by atomic mass is 9.83. The Labute approximate surface area is 94.6 Å². The molecule has 2 saturated heterocycles. The Morgan fingerprint density at radius 1 is 0.933 bits per heavy atom. The molecule has 0 bridgehead atoms. The van der Waals surface area contributed by atoms with Crippen molar-refractivity contribution in [2.24, 2.45) is 11.3 Å². The van der Waals surface area contributed by atoms with Crippen LogP contribution in [0.1, 0.15) is 34.6 Å². The second kappa shape index (κ2) is 3.74. The van der Waals surface area contributed by atoms with Crippen LogP contribution >= 0.6 is 0 Å². The molecule has 2 fully saturated rings. The van der Waals surface area contributed by atoms with Gasteiger partial charge in [-0.05, 0) is 39.0 Å². The zero-order valence-corrected chi connectivity index (χ0v) is 11.0. The van der Waals surface area contributed by atoms with Crippen molar-refractivity contribution in [3.05, 3.63) is 0 Å². The standard InChI is InChI=1S/C13H26N2/c1-10(2)14-6-12-7-15(11(3)4)9-13(12,5)8-14/h10-12H,6-9H2,1-5H3. The van der Waals surface area contributed by atoms with Crippen molar-refractivity contribution in [3.8, 4) is 0 Å². The van der Waals surface area contributed by atoms with Gasteiger partial charge in [0.05, 0.1) is 0 Å². The van der Waals surface area contributed by atoms with E-state index in [2.05, 4.69) is 44.4 Å². The van der Waals surface area contributed by atoms with Gasteiger partial charge in [-0.1, -0.05) is 6.92 Å². The van der Waals surface area contributed by atoms with E-state index < -0.39 is 0 Å². The van der Waals surface area contributed by atoms with Gasteiger partial charge < -0.3 is 0 Å². The molecule has 0 unspecified atom stereocenters. The largest absolute Gasteiger partial charge is 0.300 e. The summed E-state index contributed by atoms with van der Waals surface area (Å²) in [6.45, 7) is 17.0. The van der Waals surface area contributed by atoms with Crippen molar-refractivity contribution in [1.82, 2.24) is 9.80 Å². The normalized spacial score (nSPS) is 38.2. The molecule has 15 heavy (non-hydrogen) atoms. The van der Waals surface area contributed by atoms with Gasteiger partial charge in [0.1, 0.15) is 0 Å². The lowest BCUT2D eigenvalue weighted by molar-refractivity contribution is 0.181. The predicted octanol–water partition coefficient (Wildman–Crippen LogP) is 2.06. The third-order valence-corrected chi connectivity index (χ3v) is 4.48. The number of hydrogen-bond acceptors (Lipinski definition) is 2. The maximum atomic E-state index is 2.66. The fraction of sp³-hybridized carbons (Fsp3) is 1.00. The van der Waals surface area contributed by atoms with Crippen LogP contribution in [0.15, 0.2) is 0 Å². The van der Waals surface area contributed by atoms with E-state index in [9.17, 15) is 0 Å². The van der Waals surface area contributed by atoms with Crippen LogP contribution in [0.5, 0.6) is 0 Å². The molecule has 2 heteroatoms. The average Bonchev–Trinajstić information content (AvgIpc) is 2.55. The van der Waals surface area contributed by atoms with Crippen LogP contribution in [0.2, 0.25) is 0 Å². The van der Waals surface area contributed by atoms with Gasteiger partial charge in [-0.2, -0.15) is 0 Å². The molecular formula is C13H26N2. The van der Waals surface area contributed by atoms with Gasteiger partial charge in [-0.25, -0.2) is 0 Å². The second-order valence-corrected chi connectivity index (χ2v) is 6.40. The molecule has 0 aromatic heterocycles. The van der Waals surface area contributed by atoms with Gasteiger partial charge in [-0.15, -0.1) is 0 Å². The van der Waals surface area contributed by atoms with Gasteiger partial charge in [-0.3, -0.25) is 9.80 Å². The van der Waals surface area contributed by atoms with E-state index >= 15 is 0 Å². The molecule has 0 aromatic carbocycles. The minimum atomic E-state index is 0.564. The van der Waals surface area contributed by atoms with Crippen LogP contribution in [0.3, 0.4) is 0 Å². The monoisotopic (exact) mass is 210 g/mol.